The zero-order valence-electron chi connectivity index (χ0n) is 16.8. The van der Waals surface area contributed by atoms with Gasteiger partial charge in [-0.05, 0) is 73.4 Å². The van der Waals surface area contributed by atoms with Crippen LogP contribution in [0.15, 0.2) is 52.3 Å². The molecule has 1 heterocycles. The number of aryl methyl sites for hydroxylation is 1. The normalized spacial score (nSPS) is 14.0. The van der Waals surface area contributed by atoms with E-state index in [9.17, 15) is 14.0 Å². The Hall–Kier alpha value is -2.31. The summed E-state index contributed by atoms with van der Waals surface area (Å²) in [5.41, 5.74) is 1.78. The van der Waals surface area contributed by atoms with E-state index in [4.69, 9.17) is 11.6 Å². The van der Waals surface area contributed by atoms with Crippen molar-refractivity contribution in [1.29, 1.82) is 0 Å². The Morgan fingerprint density at radius 1 is 1.30 bits per heavy atom. The number of hydrogen-bond acceptors (Lipinski definition) is 3. The second-order valence-corrected chi connectivity index (χ2v) is 8.68. The van der Waals surface area contributed by atoms with Crippen molar-refractivity contribution in [3.8, 4) is 0 Å². The van der Waals surface area contributed by atoms with Crippen molar-refractivity contribution < 1.29 is 14.0 Å². The number of carbonyl (C=O) groups is 2. The minimum absolute atomic E-state index is 0.193. The van der Waals surface area contributed by atoms with Gasteiger partial charge in [-0.3, -0.25) is 9.59 Å². The Labute approximate surface area is 185 Å². The van der Waals surface area contributed by atoms with Gasteiger partial charge in [0.05, 0.1) is 0 Å². The molecular weight excluding hydrogens is 423 g/mol. The Balaban J connectivity index is 1.51. The summed E-state index contributed by atoms with van der Waals surface area (Å²) in [4.78, 5) is 27.4. The molecule has 0 bridgehead atoms. The predicted octanol–water partition coefficient (Wildman–Crippen LogP) is 5.08. The Bertz CT molecular complexity index is 947. The molecule has 0 saturated carbocycles. The number of hydrogen-bond donors (Lipinski definition) is 1. The van der Waals surface area contributed by atoms with E-state index in [0.29, 0.717) is 24.5 Å². The van der Waals surface area contributed by atoms with Crippen molar-refractivity contribution in [2.75, 3.05) is 19.6 Å². The molecule has 0 spiro atoms. The first-order chi connectivity index (χ1) is 14.4. The number of benzene rings is 2. The van der Waals surface area contributed by atoms with Crippen molar-refractivity contribution in [1.82, 2.24) is 10.2 Å². The monoisotopic (exact) mass is 446 g/mol. The van der Waals surface area contributed by atoms with Gasteiger partial charge >= 0.3 is 0 Å². The van der Waals surface area contributed by atoms with Crippen molar-refractivity contribution in [3.63, 3.8) is 0 Å². The molecule has 0 atom stereocenters. The summed E-state index contributed by atoms with van der Waals surface area (Å²) in [7, 11) is 0. The maximum atomic E-state index is 13.1. The van der Waals surface area contributed by atoms with Crippen molar-refractivity contribution >= 4 is 41.3 Å². The molecule has 2 aromatic rings. The third-order valence-electron chi connectivity index (χ3n) is 4.83. The van der Waals surface area contributed by atoms with Gasteiger partial charge in [0.2, 0.25) is 11.8 Å². The summed E-state index contributed by atoms with van der Waals surface area (Å²) in [6, 6.07) is 10.1. The van der Waals surface area contributed by atoms with Crippen molar-refractivity contribution in [2.45, 2.75) is 36.0 Å². The molecule has 30 heavy (non-hydrogen) atoms. The molecule has 1 N–H and O–H groups in total. The third kappa shape index (κ3) is 6.34. The van der Waals surface area contributed by atoms with Crippen LogP contribution < -0.4 is 5.32 Å². The van der Waals surface area contributed by atoms with Gasteiger partial charge in [0.15, 0.2) is 0 Å². The maximum Gasteiger partial charge on any atom is 0.244 e. The van der Waals surface area contributed by atoms with Crippen LogP contribution in [0, 0.1) is 12.7 Å². The van der Waals surface area contributed by atoms with E-state index < -0.39 is 0 Å². The van der Waals surface area contributed by atoms with Gasteiger partial charge in [-0.15, -0.1) is 0 Å². The van der Waals surface area contributed by atoms with E-state index >= 15 is 0 Å². The average molecular weight is 447 g/mol. The van der Waals surface area contributed by atoms with Crippen LogP contribution in [0.2, 0.25) is 5.02 Å². The highest BCUT2D eigenvalue weighted by molar-refractivity contribution is 7.99. The van der Waals surface area contributed by atoms with Crippen LogP contribution in [-0.2, 0) is 9.59 Å². The minimum Gasteiger partial charge on any atom is -0.352 e. The summed E-state index contributed by atoms with van der Waals surface area (Å²) in [5, 5.41) is 3.38. The van der Waals surface area contributed by atoms with Crippen LogP contribution in [0.25, 0.3) is 6.08 Å². The van der Waals surface area contributed by atoms with Crippen molar-refractivity contribution in [2.24, 2.45) is 0 Å². The first-order valence-electron chi connectivity index (χ1n) is 9.89. The summed E-state index contributed by atoms with van der Waals surface area (Å²) < 4.78 is 13.1. The van der Waals surface area contributed by atoms with Crippen LogP contribution in [0.4, 0.5) is 4.39 Å². The Morgan fingerprint density at radius 2 is 2.07 bits per heavy atom. The van der Waals surface area contributed by atoms with E-state index in [1.807, 2.05) is 24.0 Å². The summed E-state index contributed by atoms with van der Waals surface area (Å²) in [5.74, 6) is -0.258. The molecule has 0 aromatic heterocycles. The molecule has 2 aromatic carbocycles. The van der Waals surface area contributed by atoms with Gasteiger partial charge in [0.25, 0.3) is 0 Å². The molecule has 1 saturated heterocycles. The van der Waals surface area contributed by atoms with Gasteiger partial charge in [0, 0.05) is 46.9 Å². The van der Waals surface area contributed by atoms with Crippen LogP contribution in [0.3, 0.4) is 0 Å². The molecule has 0 unspecified atom stereocenters. The topological polar surface area (TPSA) is 49.4 Å². The Morgan fingerprint density at radius 3 is 2.77 bits per heavy atom. The number of amides is 2. The lowest BCUT2D eigenvalue weighted by Gasteiger charge is -2.14. The predicted molar refractivity (Wildman–Crippen MR) is 119 cm³/mol. The molecule has 158 valence electrons. The average Bonchev–Trinajstić information content (AvgIpc) is 3.13. The molecule has 1 aliphatic heterocycles. The second-order valence-electron chi connectivity index (χ2n) is 7.16. The van der Waals surface area contributed by atoms with Crippen LogP contribution in [-0.4, -0.2) is 36.3 Å². The SMILES string of the molecule is Cc1cc(C=CC(=O)NCCCN2CCCC2=O)c(Cl)cc1Sc1ccc(F)cc1. The second kappa shape index (κ2) is 10.6. The fourth-order valence-electron chi connectivity index (χ4n) is 3.20. The lowest BCUT2D eigenvalue weighted by atomic mass is 10.1. The number of nitrogens with one attached hydrogen (secondary N) is 1. The number of rotatable bonds is 8. The Kier molecular flexibility index (Phi) is 7.94. The molecule has 4 nitrogen and oxygen atoms in total. The quantitative estimate of drug-likeness (QED) is 0.454. The standard InChI is InChI=1S/C23H24ClFN2O2S/c1-16-14-17(20(24)15-21(16)30-19-8-6-18(25)7-9-19)5-10-22(28)26-11-3-13-27-12-2-4-23(27)29/h5-10,14-15H,2-4,11-13H2,1H3,(H,26,28). The molecule has 1 aliphatic rings. The highest BCUT2D eigenvalue weighted by atomic mass is 35.5. The summed E-state index contributed by atoms with van der Waals surface area (Å²) >= 11 is 7.91. The fourth-order valence-corrected chi connectivity index (χ4v) is 4.41. The van der Waals surface area contributed by atoms with E-state index in [0.717, 1.165) is 40.3 Å². The summed E-state index contributed by atoms with van der Waals surface area (Å²) in [6.45, 7) is 3.99. The molecule has 0 aliphatic carbocycles. The van der Waals surface area contributed by atoms with Crippen LogP contribution in [0.1, 0.15) is 30.4 Å². The van der Waals surface area contributed by atoms with E-state index in [1.54, 1.807) is 18.2 Å². The third-order valence-corrected chi connectivity index (χ3v) is 6.32. The zero-order chi connectivity index (χ0) is 21.5. The molecule has 2 amide bonds. The largest absolute Gasteiger partial charge is 0.352 e. The van der Waals surface area contributed by atoms with E-state index in [2.05, 4.69) is 5.32 Å². The van der Waals surface area contributed by atoms with Crippen LogP contribution in [0.5, 0.6) is 0 Å². The van der Waals surface area contributed by atoms with E-state index in [1.165, 1.54) is 30.0 Å². The fraction of sp³-hybridized carbons (Fsp3) is 0.304. The number of halogens is 2. The first kappa shape index (κ1) is 22.4. The zero-order valence-corrected chi connectivity index (χ0v) is 18.4. The molecule has 3 rings (SSSR count). The highest BCUT2D eigenvalue weighted by Gasteiger charge is 2.18. The number of nitrogens with zero attached hydrogens (tertiary/aromatic N) is 1. The maximum absolute atomic E-state index is 13.1. The highest BCUT2D eigenvalue weighted by Crippen LogP contribution is 2.34. The summed E-state index contributed by atoms with van der Waals surface area (Å²) in [6.07, 6.45) is 5.46. The molecular formula is C23H24ClFN2O2S. The first-order valence-corrected chi connectivity index (χ1v) is 11.1. The lowest BCUT2D eigenvalue weighted by Crippen LogP contribution is -2.29. The van der Waals surface area contributed by atoms with Gasteiger partial charge in [-0.25, -0.2) is 4.39 Å². The van der Waals surface area contributed by atoms with E-state index in [-0.39, 0.29) is 17.6 Å². The number of carbonyl (C=O) groups excluding carboxylic acids is 2. The number of likely N-dealkylation sites (tertiary alicyclic amines) is 1. The van der Waals surface area contributed by atoms with Gasteiger partial charge in [-0.2, -0.15) is 0 Å². The van der Waals surface area contributed by atoms with Gasteiger partial charge < -0.3 is 10.2 Å². The van der Waals surface area contributed by atoms with Gasteiger partial charge in [-0.1, -0.05) is 23.4 Å². The van der Waals surface area contributed by atoms with Crippen molar-refractivity contribution in [3.05, 3.63) is 64.4 Å². The lowest BCUT2D eigenvalue weighted by molar-refractivity contribution is -0.127. The van der Waals surface area contributed by atoms with Crippen LogP contribution >= 0.6 is 23.4 Å². The molecule has 0 radical (unpaired) electrons. The minimum atomic E-state index is -0.266. The smallest absolute Gasteiger partial charge is 0.244 e. The van der Waals surface area contributed by atoms with Gasteiger partial charge in [0.1, 0.15) is 5.82 Å². The molecule has 7 heteroatoms. The molecule has 1 fully saturated rings.